The first kappa shape index (κ1) is 33.9. The number of ether oxygens (including phenoxy) is 1. The summed E-state index contributed by atoms with van der Waals surface area (Å²) in [5.41, 5.74) is -1.36. The maximum Gasteiger partial charge on any atom is 0.319 e. The van der Waals surface area contributed by atoms with Crippen molar-refractivity contribution in [2.75, 3.05) is 44.2 Å². The molecule has 14 heteroatoms. The van der Waals surface area contributed by atoms with Gasteiger partial charge >= 0.3 is 6.01 Å². The zero-order chi connectivity index (χ0) is 35.5. The van der Waals surface area contributed by atoms with Gasteiger partial charge in [-0.1, -0.05) is 42.4 Å². The lowest BCUT2D eigenvalue weighted by Crippen LogP contribution is -2.60. The number of hydrogen-bond acceptors (Lipinski definition) is 6. The number of benzene rings is 3. The first-order chi connectivity index (χ1) is 23.9. The third kappa shape index (κ3) is 5.68. The molecule has 0 bridgehead atoms. The summed E-state index contributed by atoms with van der Waals surface area (Å²) in [7, 11) is 0. The minimum atomic E-state index is -1.17. The van der Waals surface area contributed by atoms with E-state index in [-0.39, 0.29) is 77.9 Å². The Morgan fingerprint density at radius 3 is 2.72 bits per heavy atom. The van der Waals surface area contributed by atoms with Crippen LogP contribution in [0.2, 0.25) is 5.02 Å². The van der Waals surface area contributed by atoms with Crippen molar-refractivity contribution in [1.29, 1.82) is 0 Å². The summed E-state index contributed by atoms with van der Waals surface area (Å²) in [5, 5.41) is 0.259. The molecular weight excluding hydrogens is 679 g/mol. The lowest BCUT2D eigenvalue weighted by atomic mass is 9.95. The molecule has 0 spiro atoms. The SMILES string of the molecule is [C-]#[N+]C[C@H]1CN(c2nc(OC[C@@]34CCCN3C[C@H](F)C4)nc3c(F)c(-c4cccc5ccc(F)c(Cl)c45)c(F)cc23)[C@@H](C)CN1C(=O)C(=C)F. The predicted molar refractivity (Wildman–Crippen MR) is 180 cm³/mol. The van der Waals surface area contributed by atoms with Gasteiger partial charge in [0.05, 0.1) is 16.1 Å². The summed E-state index contributed by atoms with van der Waals surface area (Å²) in [4.78, 5) is 30.1. The van der Waals surface area contributed by atoms with Crippen molar-refractivity contribution >= 4 is 45.0 Å². The smallest absolute Gasteiger partial charge is 0.319 e. The maximum absolute atomic E-state index is 16.9. The Kier molecular flexibility index (Phi) is 8.80. The molecule has 260 valence electrons. The zero-order valence-electron chi connectivity index (χ0n) is 27.0. The van der Waals surface area contributed by atoms with Crippen LogP contribution in [-0.2, 0) is 4.79 Å². The molecule has 4 heterocycles. The number of nitrogens with zero attached hydrogens (tertiary/aromatic N) is 6. The molecule has 0 saturated carbocycles. The number of rotatable bonds is 7. The van der Waals surface area contributed by atoms with Gasteiger partial charge in [-0.15, -0.1) is 0 Å². The van der Waals surface area contributed by atoms with E-state index in [4.69, 9.17) is 22.9 Å². The van der Waals surface area contributed by atoms with Crippen LogP contribution in [0.1, 0.15) is 26.2 Å². The molecule has 1 aromatic heterocycles. The summed E-state index contributed by atoms with van der Waals surface area (Å²) < 4.78 is 82.5. The van der Waals surface area contributed by atoms with Gasteiger partial charge in [-0.05, 0) is 49.4 Å². The van der Waals surface area contributed by atoms with Gasteiger partial charge in [-0.2, -0.15) is 9.97 Å². The fraction of sp³-hybridized carbons (Fsp3) is 0.389. The van der Waals surface area contributed by atoms with Gasteiger partial charge in [-0.25, -0.2) is 28.5 Å². The van der Waals surface area contributed by atoms with E-state index in [2.05, 4.69) is 21.4 Å². The van der Waals surface area contributed by atoms with Crippen LogP contribution in [0.4, 0.5) is 27.8 Å². The normalized spacial score (nSPS) is 23.8. The summed E-state index contributed by atoms with van der Waals surface area (Å²) in [6, 6.07) is 6.77. The maximum atomic E-state index is 16.9. The highest BCUT2D eigenvalue weighted by molar-refractivity contribution is 6.37. The summed E-state index contributed by atoms with van der Waals surface area (Å²) >= 11 is 6.34. The molecule has 4 aromatic rings. The van der Waals surface area contributed by atoms with Crippen molar-refractivity contribution in [3.8, 4) is 17.1 Å². The van der Waals surface area contributed by atoms with E-state index in [1.54, 1.807) is 24.0 Å². The third-order valence-electron chi connectivity index (χ3n) is 10.2. The second kappa shape index (κ2) is 13.0. The number of amides is 1. The summed E-state index contributed by atoms with van der Waals surface area (Å²) in [6.45, 7) is 13.1. The predicted octanol–water partition coefficient (Wildman–Crippen LogP) is 7.28. The van der Waals surface area contributed by atoms with Crippen LogP contribution in [0.3, 0.4) is 0 Å². The Balaban J connectivity index is 1.39. The van der Waals surface area contributed by atoms with Crippen LogP contribution in [0.15, 0.2) is 48.8 Å². The number of anilines is 1. The topological polar surface area (TPSA) is 66.2 Å². The zero-order valence-corrected chi connectivity index (χ0v) is 27.8. The van der Waals surface area contributed by atoms with E-state index in [9.17, 15) is 18.0 Å². The Morgan fingerprint density at radius 1 is 1.16 bits per heavy atom. The molecule has 0 N–H and O–H groups in total. The van der Waals surface area contributed by atoms with E-state index in [0.717, 1.165) is 12.5 Å². The molecule has 3 saturated heterocycles. The Bertz CT molecular complexity index is 2090. The van der Waals surface area contributed by atoms with Crippen LogP contribution in [-0.4, -0.2) is 88.8 Å². The highest BCUT2D eigenvalue weighted by Gasteiger charge is 2.49. The van der Waals surface area contributed by atoms with Crippen LogP contribution in [0, 0.1) is 24.0 Å². The molecule has 0 radical (unpaired) electrons. The summed E-state index contributed by atoms with van der Waals surface area (Å²) in [5.74, 6) is -4.86. The van der Waals surface area contributed by atoms with Gasteiger partial charge in [0.25, 0.3) is 5.91 Å². The lowest BCUT2D eigenvalue weighted by Gasteiger charge is -2.44. The molecule has 0 unspecified atom stereocenters. The van der Waals surface area contributed by atoms with E-state index in [1.807, 2.05) is 4.90 Å². The average Bonchev–Trinajstić information content (AvgIpc) is 3.61. The Labute approximate surface area is 289 Å². The molecule has 4 atom stereocenters. The van der Waals surface area contributed by atoms with E-state index in [1.165, 1.54) is 23.1 Å². The fourth-order valence-electron chi connectivity index (χ4n) is 7.86. The molecule has 3 aromatic carbocycles. The standard InChI is InChI=1S/C36H32ClF5N6O2/c1-19-15-48(34(49)20(2)38)23(14-43-3)17-47(19)33-25-12-27(41)29(24-7-4-6-21-8-9-26(40)30(37)28(21)24)31(42)32(25)44-35(45-33)50-18-36-10-5-11-46(36)16-22(39)13-36/h4,6-9,12,19,22-23H,2,5,10-11,13-18H2,1H3/t19-,22+,23-,36-/m0/s1. The average molecular weight is 711 g/mol. The quantitative estimate of drug-likeness (QED) is 0.114. The molecule has 3 fully saturated rings. The van der Waals surface area contributed by atoms with Crippen molar-refractivity contribution < 1.29 is 31.5 Å². The number of halogens is 6. The number of piperazine rings is 1. The number of fused-ring (bicyclic) bond motifs is 3. The van der Waals surface area contributed by atoms with Crippen molar-refractivity contribution in [1.82, 2.24) is 19.8 Å². The number of carbonyl (C=O) groups excluding carboxylic acids is 1. The van der Waals surface area contributed by atoms with E-state index in [0.29, 0.717) is 18.4 Å². The molecule has 1 amide bonds. The monoisotopic (exact) mass is 710 g/mol. The van der Waals surface area contributed by atoms with Crippen LogP contribution in [0.5, 0.6) is 6.01 Å². The van der Waals surface area contributed by atoms with Gasteiger partial charge in [0.15, 0.2) is 11.6 Å². The first-order valence-corrected chi connectivity index (χ1v) is 16.6. The second-order valence-corrected chi connectivity index (χ2v) is 13.6. The first-order valence-electron chi connectivity index (χ1n) is 16.3. The van der Waals surface area contributed by atoms with Gasteiger partial charge in [0, 0.05) is 42.9 Å². The highest BCUT2D eigenvalue weighted by Crippen LogP contribution is 2.43. The van der Waals surface area contributed by atoms with Crippen molar-refractivity contribution in [2.45, 2.75) is 50.0 Å². The number of hydrogen-bond donors (Lipinski definition) is 0. The Hall–Kier alpha value is -4.54. The van der Waals surface area contributed by atoms with Gasteiger partial charge in [-0.3, -0.25) is 9.69 Å². The van der Waals surface area contributed by atoms with Crippen LogP contribution in [0.25, 0.3) is 37.6 Å². The molecule has 0 aliphatic carbocycles. The minimum Gasteiger partial charge on any atom is -0.461 e. The fourth-order valence-corrected chi connectivity index (χ4v) is 8.13. The van der Waals surface area contributed by atoms with Gasteiger partial charge in [0.1, 0.15) is 41.8 Å². The van der Waals surface area contributed by atoms with Gasteiger partial charge in [0.2, 0.25) is 6.54 Å². The molecule has 3 aliphatic heterocycles. The number of aromatic nitrogens is 2. The van der Waals surface area contributed by atoms with Gasteiger partial charge < -0.3 is 19.4 Å². The molecule has 50 heavy (non-hydrogen) atoms. The minimum absolute atomic E-state index is 0.0102. The number of carbonyl (C=O) groups is 1. The number of alkyl halides is 1. The van der Waals surface area contributed by atoms with Crippen molar-refractivity contribution in [3.63, 3.8) is 0 Å². The molecule has 8 nitrogen and oxygen atoms in total. The molecular formula is C36H32ClF5N6O2. The summed E-state index contributed by atoms with van der Waals surface area (Å²) in [6.07, 6.45) is 0.800. The van der Waals surface area contributed by atoms with Crippen LogP contribution < -0.4 is 9.64 Å². The van der Waals surface area contributed by atoms with Crippen LogP contribution >= 0.6 is 11.6 Å². The lowest BCUT2D eigenvalue weighted by molar-refractivity contribution is -0.131. The third-order valence-corrected chi connectivity index (χ3v) is 10.6. The molecule has 7 rings (SSSR count). The van der Waals surface area contributed by atoms with Crippen molar-refractivity contribution in [2.24, 2.45) is 0 Å². The molecule has 3 aliphatic rings. The van der Waals surface area contributed by atoms with E-state index >= 15 is 8.78 Å². The van der Waals surface area contributed by atoms with Crippen molar-refractivity contribution in [3.05, 3.63) is 82.7 Å². The highest BCUT2D eigenvalue weighted by atomic mass is 35.5. The Morgan fingerprint density at radius 2 is 1.96 bits per heavy atom. The second-order valence-electron chi connectivity index (χ2n) is 13.3. The largest absolute Gasteiger partial charge is 0.461 e. The van der Waals surface area contributed by atoms with E-state index < -0.39 is 58.5 Å².